The predicted molar refractivity (Wildman–Crippen MR) is 58.1 cm³/mol. The quantitative estimate of drug-likeness (QED) is 0.493. The van der Waals surface area contributed by atoms with Crippen LogP contribution in [0.1, 0.15) is 5.56 Å². The minimum Gasteiger partial charge on any atom is -0.322 e. The van der Waals surface area contributed by atoms with Crippen molar-refractivity contribution in [2.45, 2.75) is 4.36 Å². The first kappa shape index (κ1) is 13.9. The molecule has 6 nitrogen and oxygen atoms in total. The lowest BCUT2D eigenvalue weighted by Gasteiger charge is -2.28. The molecule has 0 spiro atoms. The van der Waals surface area contributed by atoms with Crippen LogP contribution in [0.5, 0.6) is 0 Å². The van der Waals surface area contributed by atoms with Gasteiger partial charge in [-0.2, -0.15) is 0 Å². The number of rotatable bonds is 3. The number of benzene rings is 1. The lowest BCUT2D eigenvalue weighted by Crippen LogP contribution is -2.19. The SMILES string of the molecule is O=P(O)(O)C(Cl)(c1ccccc1)P(=O)(O)O. The van der Waals surface area contributed by atoms with Gasteiger partial charge in [-0.25, -0.2) is 0 Å². The summed E-state index contributed by atoms with van der Waals surface area (Å²) in [6, 6.07) is 6.56. The lowest BCUT2D eigenvalue weighted by molar-refractivity contribution is 0.331. The van der Waals surface area contributed by atoms with Crippen molar-refractivity contribution in [2.24, 2.45) is 0 Å². The molecule has 0 unspecified atom stereocenters. The van der Waals surface area contributed by atoms with Crippen LogP contribution in [0.25, 0.3) is 0 Å². The summed E-state index contributed by atoms with van der Waals surface area (Å²) in [4.78, 5) is 36.1. The summed E-state index contributed by atoms with van der Waals surface area (Å²) in [5.74, 6) is 0. The van der Waals surface area contributed by atoms with Crippen molar-refractivity contribution in [3.63, 3.8) is 0 Å². The Morgan fingerprint density at radius 3 is 1.62 bits per heavy atom. The molecule has 0 radical (unpaired) electrons. The summed E-state index contributed by atoms with van der Waals surface area (Å²) < 4.78 is 19.3. The molecular formula is C7H9ClO6P2. The van der Waals surface area contributed by atoms with E-state index in [1.54, 1.807) is 0 Å². The summed E-state index contributed by atoms with van der Waals surface area (Å²) in [6.07, 6.45) is 0. The van der Waals surface area contributed by atoms with E-state index in [0.29, 0.717) is 0 Å². The Morgan fingerprint density at radius 1 is 0.938 bits per heavy atom. The molecule has 0 saturated heterocycles. The fourth-order valence-electron chi connectivity index (χ4n) is 1.16. The van der Waals surface area contributed by atoms with E-state index in [0.717, 1.165) is 12.1 Å². The number of hydrogen-bond acceptors (Lipinski definition) is 2. The highest BCUT2D eigenvalue weighted by Gasteiger charge is 2.60. The van der Waals surface area contributed by atoms with Gasteiger partial charge in [0.05, 0.1) is 0 Å². The molecule has 0 aliphatic carbocycles. The van der Waals surface area contributed by atoms with Crippen LogP contribution < -0.4 is 0 Å². The van der Waals surface area contributed by atoms with Crippen molar-refractivity contribution >= 4 is 26.8 Å². The second kappa shape index (κ2) is 4.24. The predicted octanol–water partition coefficient (Wildman–Crippen LogP) is 1.39. The Labute approximate surface area is 96.2 Å². The van der Waals surface area contributed by atoms with Gasteiger partial charge in [-0.3, -0.25) is 9.13 Å². The van der Waals surface area contributed by atoms with E-state index in [4.69, 9.17) is 31.2 Å². The largest absolute Gasteiger partial charge is 0.363 e. The number of halogens is 1. The Bertz CT molecular complexity index is 441. The molecule has 1 rings (SSSR count). The van der Waals surface area contributed by atoms with E-state index in [1.807, 2.05) is 0 Å². The summed E-state index contributed by atoms with van der Waals surface area (Å²) in [6.45, 7) is 0. The van der Waals surface area contributed by atoms with E-state index in [-0.39, 0.29) is 5.56 Å². The van der Waals surface area contributed by atoms with Crippen molar-refractivity contribution in [1.29, 1.82) is 0 Å². The summed E-state index contributed by atoms with van der Waals surface area (Å²) >= 11 is 5.49. The van der Waals surface area contributed by atoms with Gasteiger partial charge < -0.3 is 19.6 Å². The third kappa shape index (κ3) is 2.24. The smallest absolute Gasteiger partial charge is 0.322 e. The molecule has 0 amide bonds. The molecular weight excluding hydrogens is 277 g/mol. The van der Waals surface area contributed by atoms with Crippen LogP contribution in [0, 0.1) is 0 Å². The number of alkyl halides is 1. The Balaban J connectivity index is 3.52. The average Bonchev–Trinajstić information content (AvgIpc) is 2.14. The van der Waals surface area contributed by atoms with Crippen molar-refractivity contribution in [3.8, 4) is 0 Å². The zero-order valence-electron chi connectivity index (χ0n) is 7.76. The molecule has 0 bridgehead atoms. The van der Waals surface area contributed by atoms with Crippen molar-refractivity contribution in [3.05, 3.63) is 35.9 Å². The van der Waals surface area contributed by atoms with Gasteiger partial charge in [-0.15, -0.1) is 0 Å². The van der Waals surface area contributed by atoms with E-state index < -0.39 is 19.5 Å². The van der Waals surface area contributed by atoms with Crippen LogP contribution in [-0.4, -0.2) is 19.6 Å². The molecule has 1 aromatic carbocycles. The second-order valence-electron chi connectivity index (χ2n) is 3.04. The van der Waals surface area contributed by atoms with Crippen LogP contribution in [0.3, 0.4) is 0 Å². The molecule has 0 fully saturated rings. The van der Waals surface area contributed by atoms with Gasteiger partial charge in [0, 0.05) is 0 Å². The zero-order valence-corrected chi connectivity index (χ0v) is 10.3. The minimum atomic E-state index is -5.23. The van der Waals surface area contributed by atoms with E-state index in [2.05, 4.69) is 0 Å². The Hall–Kier alpha value is -0.190. The molecule has 0 heterocycles. The van der Waals surface area contributed by atoms with Crippen molar-refractivity contribution < 1.29 is 28.7 Å². The highest BCUT2D eigenvalue weighted by atomic mass is 35.5. The molecule has 0 aliphatic heterocycles. The summed E-state index contributed by atoms with van der Waals surface area (Å²) in [5.41, 5.74) is -0.321. The molecule has 4 N–H and O–H groups in total. The molecule has 90 valence electrons. The Morgan fingerprint density at radius 2 is 1.31 bits per heavy atom. The number of hydrogen-bond donors (Lipinski definition) is 4. The van der Waals surface area contributed by atoms with Crippen LogP contribution in [-0.2, 0) is 13.5 Å². The van der Waals surface area contributed by atoms with Gasteiger partial charge in [0.15, 0.2) is 0 Å². The molecule has 0 aliphatic rings. The maximum atomic E-state index is 11.2. The highest BCUT2D eigenvalue weighted by molar-refractivity contribution is 7.74. The summed E-state index contributed by atoms with van der Waals surface area (Å²) in [7, 11) is -10.5. The zero-order chi connectivity index (χ0) is 12.6. The van der Waals surface area contributed by atoms with Crippen LogP contribution in [0.2, 0.25) is 0 Å². The van der Waals surface area contributed by atoms with E-state index in [1.165, 1.54) is 18.2 Å². The van der Waals surface area contributed by atoms with Gasteiger partial charge in [0.1, 0.15) is 0 Å². The van der Waals surface area contributed by atoms with Gasteiger partial charge >= 0.3 is 15.2 Å². The molecule has 0 aromatic heterocycles. The van der Waals surface area contributed by atoms with Gasteiger partial charge in [0.2, 0.25) is 0 Å². The minimum absolute atomic E-state index is 0.321. The Kier molecular flexibility index (Phi) is 3.68. The van der Waals surface area contributed by atoms with Crippen molar-refractivity contribution in [1.82, 2.24) is 0 Å². The van der Waals surface area contributed by atoms with Crippen molar-refractivity contribution in [2.75, 3.05) is 0 Å². The van der Waals surface area contributed by atoms with Crippen LogP contribution in [0.4, 0.5) is 0 Å². The van der Waals surface area contributed by atoms with Crippen LogP contribution >= 0.6 is 26.8 Å². The van der Waals surface area contributed by atoms with Crippen LogP contribution in [0.15, 0.2) is 30.3 Å². The monoisotopic (exact) mass is 286 g/mol. The standard InChI is InChI=1S/C7H9ClO6P2/c8-7(15(9,10)11,16(12,13)14)6-4-2-1-3-5-6/h1-5H,(H2,9,10,11)(H2,12,13,14). The normalized spacial score (nSPS) is 13.8. The molecule has 16 heavy (non-hydrogen) atoms. The third-order valence-electron chi connectivity index (χ3n) is 1.91. The molecule has 9 heteroatoms. The highest BCUT2D eigenvalue weighted by Crippen LogP contribution is 2.76. The third-order valence-corrected chi connectivity index (χ3v) is 7.08. The van der Waals surface area contributed by atoms with Gasteiger partial charge in [0.25, 0.3) is 4.36 Å². The first-order valence-electron chi connectivity index (χ1n) is 3.96. The van der Waals surface area contributed by atoms with E-state index >= 15 is 0 Å². The van der Waals surface area contributed by atoms with Gasteiger partial charge in [-0.1, -0.05) is 41.9 Å². The maximum Gasteiger partial charge on any atom is 0.363 e. The fraction of sp³-hybridized carbons (Fsp3) is 0.143. The molecule has 0 atom stereocenters. The fourth-order valence-corrected chi connectivity index (χ4v) is 3.61. The van der Waals surface area contributed by atoms with E-state index in [9.17, 15) is 9.13 Å². The molecule has 1 aromatic rings. The first-order valence-corrected chi connectivity index (χ1v) is 7.56. The first-order chi connectivity index (χ1) is 7.11. The maximum absolute atomic E-state index is 11.2. The summed E-state index contributed by atoms with van der Waals surface area (Å²) in [5, 5.41) is 0. The lowest BCUT2D eigenvalue weighted by atomic mass is 10.2. The second-order valence-corrected chi connectivity index (χ2v) is 8.01. The van der Waals surface area contributed by atoms with Gasteiger partial charge in [-0.05, 0) is 5.56 Å². The topological polar surface area (TPSA) is 115 Å². The molecule has 0 saturated carbocycles. The average molecular weight is 287 g/mol.